The van der Waals surface area contributed by atoms with E-state index < -0.39 is 12.6 Å². The van der Waals surface area contributed by atoms with Gasteiger partial charge in [0.05, 0.1) is 0 Å². The molecule has 0 saturated heterocycles. The summed E-state index contributed by atoms with van der Waals surface area (Å²) < 4.78 is 36.2. The zero-order valence-electron chi connectivity index (χ0n) is 9.89. The fraction of sp³-hybridized carbons (Fsp3) is 0.667. The van der Waals surface area contributed by atoms with Crippen LogP contribution in [0.15, 0.2) is 17.5 Å². The van der Waals surface area contributed by atoms with Gasteiger partial charge in [0, 0.05) is 17.3 Å². The lowest BCUT2D eigenvalue weighted by Gasteiger charge is -2.16. The van der Waals surface area contributed by atoms with Crippen LogP contribution in [0, 0.1) is 0 Å². The fourth-order valence-corrected chi connectivity index (χ4v) is 2.50. The van der Waals surface area contributed by atoms with Crippen molar-refractivity contribution >= 4 is 11.3 Å². The van der Waals surface area contributed by atoms with E-state index in [9.17, 15) is 13.2 Å². The molecule has 1 unspecified atom stereocenters. The average Bonchev–Trinajstić information content (AvgIpc) is 2.74. The molecule has 1 atom stereocenters. The van der Waals surface area contributed by atoms with Crippen LogP contribution in [0.25, 0.3) is 0 Å². The first-order valence-corrected chi connectivity index (χ1v) is 6.65. The first-order valence-electron chi connectivity index (χ1n) is 5.77. The Bertz CT molecular complexity index is 295. The van der Waals surface area contributed by atoms with Gasteiger partial charge in [-0.05, 0) is 44.2 Å². The molecule has 0 aromatic carbocycles. The quantitative estimate of drug-likeness (QED) is 0.785. The normalized spacial score (nSPS) is 13.9. The van der Waals surface area contributed by atoms with Crippen molar-refractivity contribution in [2.24, 2.45) is 0 Å². The highest BCUT2D eigenvalue weighted by Crippen LogP contribution is 2.23. The van der Waals surface area contributed by atoms with Crippen LogP contribution in [0.5, 0.6) is 0 Å². The second-order valence-corrected chi connectivity index (χ2v) is 5.14. The van der Waals surface area contributed by atoms with E-state index >= 15 is 0 Å². The highest BCUT2D eigenvalue weighted by atomic mass is 32.1. The van der Waals surface area contributed by atoms with Gasteiger partial charge in [-0.3, -0.25) is 0 Å². The second kappa shape index (κ2) is 7.01. The summed E-state index contributed by atoms with van der Waals surface area (Å²) in [5.74, 6) is 0. The molecule has 0 saturated carbocycles. The highest BCUT2D eigenvalue weighted by Gasteiger charge is 2.27. The lowest BCUT2D eigenvalue weighted by atomic mass is 10.0. The smallest absolute Gasteiger partial charge is 0.317 e. The van der Waals surface area contributed by atoms with Crippen LogP contribution < -0.4 is 5.32 Å². The summed E-state index contributed by atoms with van der Waals surface area (Å²) in [6.45, 7) is 0. The molecule has 0 radical (unpaired) electrons. The second-order valence-electron chi connectivity index (χ2n) is 4.11. The molecule has 1 rings (SSSR count). The Morgan fingerprint density at radius 2 is 2.12 bits per heavy atom. The Labute approximate surface area is 104 Å². The van der Waals surface area contributed by atoms with Gasteiger partial charge in [0.2, 0.25) is 0 Å². The molecule has 0 spiro atoms. The van der Waals surface area contributed by atoms with E-state index in [1.54, 1.807) is 18.4 Å². The maximum atomic E-state index is 12.1. The van der Waals surface area contributed by atoms with Crippen LogP contribution in [-0.4, -0.2) is 19.3 Å². The number of alkyl halides is 3. The van der Waals surface area contributed by atoms with E-state index in [0.717, 1.165) is 19.3 Å². The number of halogens is 3. The van der Waals surface area contributed by atoms with Gasteiger partial charge in [0.15, 0.2) is 0 Å². The maximum absolute atomic E-state index is 12.1. The number of nitrogens with one attached hydrogen (secondary N) is 1. The van der Waals surface area contributed by atoms with Gasteiger partial charge < -0.3 is 5.32 Å². The number of hydrogen-bond donors (Lipinski definition) is 1. The Morgan fingerprint density at radius 1 is 1.35 bits per heavy atom. The molecule has 0 bridgehead atoms. The molecule has 1 heterocycles. The minimum Gasteiger partial charge on any atom is -0.317 e. The molecular formula is C12H18F3NS. The number of hydrogen-bond acceptors (Lipinski definition) is 2. The zero-order chi connectivity index (χ0) is 12.7. The standard InChI is InChI=1S/C12H18F3NS/c1-16-10(7-8-12(13,14)15)4-2-5-11-6-3-9-17-11/h3,6,9-10,16H,2,4-5,7-8H2,1H3. The SMILES string of the molecule is CNC(CCCc1cccs1)CCC(F)(F)F. The summed E-state index contributed by atoms with van der Waals surface area (Å²) >= 11 is 1.70. The van der Waals surface area contributed by atoms with Crippen molar-refractivity contribution < 1.29 is 13.2 Å². The van der Waals surface area contributed by atoms with E-state index in [2.05, 4.69) is 11.4 Å². The number of rotatable bonds is 7. The van der Waals surface area contributed by atoms with Crippen LogP contribution in [0.1, 0.15) is 30.6 Å². The summed E-state index contributed by atoms with van der Waals surface area (Å²) in [4.78, 5) is 1.30. The molecule has 98 valence electrons. The van der Waals surface area contributed by atoms with Gasteiger partial charge in [-0.2, -0.15) is 13.2 Å². The molecular weight excluding hydrogens is 247 g/mol. The fourth-order valence-electron chi connectivity index (χ4n) is 1.75. The third kappa shape index (κ3) is 6.68. The zero-order valence-corrected chi connectivity index (χ0v) is 10.7. The first-order chi connectivity index (χ1) is 8.01. The van der Waals surface area contributed by atoms with Crippen molar-refractivity contribution in [1.82, 2.24) is 5.32 Å². The minimum atomic E-state index is -4.04. The third-order valence-corrected chi connectivity index (χ3v) is 3.68. The van der Waals surface area contributed by atoms with E-state index in [4.69, 9.17) is 0 Å². The van der Waals surface area contributed by atoms with E-state index in [1.807, 2.05) is 11.4 Å². The summed E-state index contributed by atoms with van der Waals surface area (Å²) in [7, 11) is 1.73. The summed E-state index contributed by atoms with van der Waals surface area (Å²) in [5, 5.41) is 4.98. The lowest BCUT2D eigenvalue weighted by Crippen LogP contribution is -2.27. The number of aryl methyl sites for hydroxylation is 1. The molecule has 1 aromatic rings. The van der Waals surface area contributed by atoms with Crippen LogP contribution in [0.4, 0.5) is 13.2 Å². The van der Waals surface area contributed by atoms with Crippen molar-refractivity contribution in [1.29, 1.82) is 0 Å². The molecule has 1 N–H and O–H groups in total. The Kier molecular flexibility index (Phi) is 5.98. The maximum Gasteiger partial charge on any atom is 0.389 e. The Hall–Kier alpha value is -0.550. The van der Waals surface area contributed by atoms with Crippen molar-refractivity contribution in [3.8, 4) is 0 Å². The first kappa shape index (κ1) is 14.5. The van der Waals surface area contributed by atoms with Gasteiger partial charge in [0.25, 0.3) is 0 Å². The average molecular weight is 265 g/mol. The summed E-state index contributed by atoms with van der Waals surface area (Å²) in [6.07, 6.45) is -1.87. The van der Waals surface area contributed by atoms with Crippen LogP contribution >= 0.6 is 11.3 Å². The van der Waals surface area contributed by atoms with Gasteiger partial charge in [-0.25, -0.2) is 0 Å². The monoisotopic (exact) mass is 265 g/mol. The topological polar surface area (TPSA) is 12.0 Å². The summed E-state index contributed by atoms with van der Waals surface area (Å²) in [5.41, 5.74) is 0. The molecule has 0 aliphatic rings. The van der Waals surface area contributed by atoms with Crippen LogP contribution in [0.3, 0.4) is 0 Å². The van der Waals surface area contributed by atoms with E-state index in [-0.39, 0.29) is 12.5 Å². The molecule has 0 aliphatic carbocycles. The van der Waals surface area contributed by atoms with E-state index in [0.29, 0.717) is 0 Å². The van der Waals surface area contributed by atoms with Crippen molar-refractivity contribution in [2.45, 2.75) is 44.3 Å². The van der Waals surface area contributed by atoms with Gasteiger partial charge in [0.1, 0.15) is 0 Å². The van der Waals surface area contributed by atoms with Crippen molar-refractivity contribution in [3.63, 3.8) is 0 Å². The molecule has 0 amide bonds. The predicted molar refractivity (Wildman–Crippen MR) is 65.4 cm³/mol. The van der Waals surface area contributed by atoms with Gasteiger partial charge >= 0.3 is 6.18 Å². The Balaban J connectivity index is 2.18. The van der Waals surface area contributed by atoms with Crippen molar-refractivity contribution in [3.05, 3.63) is 22.4 Å². The van der Waals surface area contributed by atoms with E-state index in [1.165, 1.54) is 4.88 Å². The Morgan fingerprint density at radius 3 is 2.65 bits per heavy atom. The van der Waals surface area contributed by atoms with Crippen LogP contribution in [-0.2, 0) is 6.42 Å². The van der Waals surface area contributed by atoms with Crippen molar-refractivity contribution in [2.75, 3.05) is 7.05 Å². The number of thiophene rings is 1. The predicted octanol–water partition coefficient (Wildman–Crippen LogP) is 4.00. The molecule has 0 aliphatic heterocycles. The molecule has 0 fully saturated rings. The minimum absolute atomic E-state index is 0.0309. The molecule has 1 aromatic heterocycles. The highest BCUT2D eigenvalue weighted by molar-refractivity contribution is 7.09. The lowest BCUT2D eigenvalue weighted by molar-refractivity contribution is -0.136. The summed E-state index contributed by atoms with van der Waals surface area (Å²) in [6, 6.07) is 4.03. The van der Waals surface area contributed by atoms with Crippen LogP contribution in [0.2, 0.25) is 0 Å². The molecule has 5 heteroatoms. The largest absolute Gasteiger partial charge is 0.389 e. The third-order valence-electron chi connectivity index (χ3n) is 2.74. The molecule has 1 nitrogen and oxygen atoms in total. The van der Waals surface area contributed by atoms with Gasteiger partial charge in [-0.1, -0.05) is 6.07 Å². The van der Waals surface area contributed by atoms with Gasteiger partial charge in [-0.15, -0.1) is 11.3 Å². The molecule has 17 heavy (non-hydrogen) atoms.